The fourth-order valence-corrected chi connectivity index (χ4v) is 3.76. The second-order valence-corrected chi connectivity index (χ2v) is 7.04. The second kappa shape index (κ2) is 7.37. The molecule has 0 radical (unpaired) electrons. The van der Waals surface area contributed by atoms with Crippen LogP contribution >= 0.6 is 45.5 Å². The van der Waals surface area contributed by atoms with E-state index in [1.54, 1.807) is 21.6 Å². The third kappa shape index (κ3) is 4.15. The lowest BCUT2D eigenvalue weighted by atomic mass is 10.4. The van der Waals surface area contributed by atoms with Crippen molar-refractivity contribution in [3.05, 3.63) is 48.5 Å². The van der Waals surface area contributed by atoms with Crippen molar-refractivity contribution in [3.63, 3.8) is 0 Å². The number of benzene rings is 2. The Morgan fingerprint density at radius 3 is 1.06 bits per heavy atom. The number of rotatable bonds is 5. The van der Waals surface area contributed by atoms with Gasteiger partial charge in [0.05, 0.1) is 0 Å². The molecular formula is C12H12N2S4. The predicted octanol–water partition coefficient (Wildman–Crippen LogP) is 4.42. The van der Waals surface area contributed by atoms with Gasteiger partial charge in [-0.15, -0.1) is 0 Å². The van der Waals surface area contributed by atoms with Gasteiger partial charge in [0.25, 0.3) is 0 Å². The van der Waals surface area contributed by atoms with E-state index in [1.165, 1.54) is 33.7 Å². The summed E-state index contributed by atoms with van der Waals surface area (Å²) in [5, 5.41) is 11.0. The predicted molar refractivity (Wildman–Crippen MR) is 84.7 cm³/mol. The van der Waals surface area contributed by atoms with Crippen molar-refractivity contribution in [2.24, 2.45) is 10.3 Å². The van der Waals surface area contributed by atoms with Crippen molar-refractivity contribution in [3.8, 4) is 0 Å². The first-order valence-electron chi connectivity index (χ1n) is 5.10. The Balaban J connectivity index is 1.93. The van der Waals surface area contributed by atoms with E-state index in [2.05, 4.69) is 24.3 Å². The van der Waals surface area contributed by atoms with Gasteiger partial charge in [0.1, 0.15) is 0 Å². The molecule has 2 aromatic carbocycles. The zero-order valence-corrected chi connectivity index (χ0v) is 12.7. The van der Waals surface area contributed by atoms with E-state index in [-0.39, 0.29) is 0 Å². The van der Waals surface area contributed by atoms with E-state index in [0.29, 0.717) is 0 Å². The summed E-state index contributed by atoms with van der Waals surface area (Å²) in [6.07, 6.45) is 0. The van der Waals surface area contributed by atoms with Crippen molar-refractivity contribution in [1.29, 1.82) is 0 Å². The van der Waals surface area contributed by atoms with E-state index >= 15 is 0 Å². The van der Waals surface area contributed by atoms with Crippen LogP contribution in [0.4, 0.5) is 0 Å². The Kier molecular flexibility index (Phi) is 5.81. The van der Waals surface area contributed by atoms with Crippen LogP contribution < -0.4 is 10.3 Å². The Hall–Kier alpha value is -0.240. The second-order valence-electron chi connectivity index (χ2n) is 3.35. The zero-order chi connectivity index (χ0) is 12.8. The summed E-state index contributed by atoms with van der Waals surface area (Å²) in [6.45, 7) is 0. The van der Waals surface area contributed by atoms with Gasteiger partial charge in [-0.25, -0.2) is 0 Å². The minimum atomic E-state index is 1.08. The summed E-state index contributed by atoms with van der Waals surface area (Å²) in [7, 11) is 3.47. The van der Waals surface area contributed by atoms with Crippen LogP contribution in [0.5, 0.6) is 0 Å². The molecule has 0 amide bonds. The first-order chi connectivity index (χ1) is 8.81. The Morgan fingerprint density at radius 2 is 0.778 bits per heavy atom. The summed E-state index contributed by atoms with van der Waals surface area (Å²) in [5.74, 6) is 0. The highest BCUT2D eigenvalue weighted by Gasteiger charge is 1.99. The molecule has 94 valence electrons. The topological polar surface area (TPSA) is 52.0 Å². The highest BCUT2D eigenvalue weighted by Crippen LogP contribution is 2.37. The Bertz CT molecular complexity index is 437. The van der Waals surface area contributed by atoms with Gasteiger partial charge >= 0.3 is 0 Å². The summed E-state index contributed by atoms with van der Waals surface area (Å²) in [4.78, 5) is 4.59. The Morgan fingerprint density at radius 1 is 0.500 bits per heavy atom. The van der Waals surface area contributed by atoms with Gasteiger partial charge in [-0.1, -0.05) is 21.6 Å². The molecule has 0 saturated carbocycles. The largest absolute Gasteiger partial charge is 0.274 e. The van der Waals surface area contributed by atoms with Crippen molar-refractivity contribution in [2.45, 2.75) is 19.6 Å². The van der Waals surface area contributed by atoms with Gasteiger partial charge < -0.3 is 0 Å². The van der Waals surface area contributed by atoms with Gasteiger partial charge in [0, 0.05) is 19.6 Å². The first kappa shape index (κ1) is 14.2. The summed E-state index contributed by atoms with van der Waals surface area (Å²) < 4.78 is 0. The molecule has 4 N–H and O–H groups in total. The summed E-state index contributed by atoms with van der Waals surface area (Å²) in [5.41, 5.74) is 0. The molecule has 0 atom stereocenters. The monoisotopic (exact) mass is 312 g/mol. The summed E-state index contributed by atoms with van der Waals surface area (Å²) in [6, 6.07) is 16.4. The molecular weight excluding hydrogens is 300 g/mol. The molecule has 18 heavy (non-hydrogen) atoms. The molecule has 2 rings (SSSR count). The van der Waals surface area contributed by atoms with Crippen LogP contribution in [0.25, 0.3) is 0 Å². The van der Waals surface area contributed by atoms with Crippen LogP contribution in [0.2, 0.25) is 0 Å². The minimum absolute atomic E-state index is 1.08. The van der Waals surface area contributed by atoms with Crippen molar-refractivity contribution < 1.29 is 0 Å². The molecule has 2 aromatic rings. The fourth-order valence-electron chi connectivity index (χ4n) is 1.24. The lowest BCUT2D eigenvalue weighted by molar-refractivity contribution is 1.35. The van der Waals surface area contributed by atoms with Gasteiger partial charge in [-0.2, -0.15) is 0 Å². The molecule has 0 bridgehead atoms. The maximum absolute atomic E-state index is 5.48. The van der Waals surface area contributed by atoms with Crippen molar-refractivity contribution in [2.75, 3.05) is 0 Å². The van der Waals surface area contributed by atoms with Gasteiger partial charge in [0.15, 0.2) is 0 Å². The average molecular weight is 313 g/mol. The highest BCUT2D eigenvalue weighted by molar-refractivity contribution is 8.76. The number of hydrogen-bond donors (Lipinski definition) is 2. The van der Waals surface area contributed by atoms with E-state index in [4.69, 9.17) is 10.3 Å². The third-order valence-electron chi connectivity index (χ3n) is 2.15. The van der Waals surface area contributed by atoms with Crippen LogP contribution in [0, 0.1) is 0 Å². The SMILES string of the molecule is NSc1ccc(SSc2ccc(SN)cc2)cc1. The average Bonchev–Trinajstić information content (AvgIpc) is 2.46. The molecule has 0 aliphatic rings. The van der Waals surface area contributed by atoms with E-state index in [1.807, 2.05) is 24.3 Å². The summed E-state index contributed by atoms with van der Waals surface area (Å²) >= 11 is 2.53. The lowest BCUT2D eigenvalue weighted by Gasteiger charge is -2.03. The van der Waals surface area contributed by atoms with Gasteiger partial charge in [-0.05, 0) is 72.4 Å². The fraction of sp³-hybridized carbons (Fsp3) is 0. The standard InChI is InChI=1S/C12H12N2S4/c13-15-9-1-5-11(6-2-9)17-18-12-7-3-10(16-14)4-8-12/h1-8H,13-14H2. The van der Waals surface area contributed by atoms with Crippen LogP contribution in [0.3, 0.4) is 0 Å². The Labute approximate surface area is 123 Å². The molecule has 2 nitrogen and oxygen atoms in total. The van der Waals surface area contributed by atoms with Crippen LogP contribution in [-0.4, -0.2) is 0 Å². The molecule has 0 unspecified atom stereocenters. The molecule has 0 spiro atoms. The first-order valence-corrected chi connectivity index (χ1v) is 9.01. The third-order valence-corrected chi connectivity index (χ3v) is 5.66. The zero-order valence-electron chi connectivity index (χ0n) is 9.41. The van der Waals surface area contributed by atoms with Gasteiger partial charge in [0.2, 0.25) is 0 Å². The maximum atomic E-state index is 5.48. The number of nitrogens with two attached hydrogens (primary N) is 2. The van der Waals surface area contributed by atoms with Crippen LogP contribution in [-0.2, 0) is 0 Å². The minimum Gasteiger partial charge on any atom is -0.274 e. The van der Waals surface area contributed by atoms with Crippen molar-refractivity contribution >= 4 is 45.5 Å². The quantitative estimate of drug-likeness (QED) is 0.630. The smallest absolute Gasteiger partial charge is 0.0226 e. The van der Waals surface area contributed by atoms with E-state index < -0.39 is 0 Å². The van der Waals surface area contributed by atoms with E-state index in [0.717, 1.165) is 9.79 Å². The normalized spacial score (nSPS) is 10.6. The molecule has 0 aliphatic carbocycles. The molecule has 0 aliphatic heterocycles. The van der Waals surface area contributed by atoms with Crippen LogP contribution in [0.1, 0.15) is 0 Å². The molecule has 6 heteroatoms. The van der Waals surface area contributed by atoms with Gasteiger partial charge in [-0.3, -0.25) is 10.3 Å². The lowest BCUT2D eigenvalue weighted by Crippen LogP contribution is -1.79. The molecule has 0 saturated heterocycles. The molecule has 0 heterocycles. The van der Waals surface area contributed by atoms with E-state index in [9.17, 15) is 0 Å². The molecule has 0 fully saturated rings. The number of hydrogen-bond acceptors (Lipinski definition) is 6. The van der Waals surface area contributed by atoms with Crippen LogP contribution in [0.15, 0.2) is 68.1 Å². The van der Waals surface area contributed by atoms with Crippen molar-refractivity contribution in [1.82, 2.24) is 0 Å². The molecule has 0 aromatic heterocycles. The maximum Gasteiger partial charge on any atom is 0.0226 e. The highest BCUT2D eigenvalue weighted by atomic mass is 33.1.